The molecule has 0 unspecified atom stereocenters. The minimum atomic E-state index is -0.450. The van der Waals surface area contributed by atoms with E-state index in [4.69, 9.17) is 5.10 Å². The summed E-state index contributed by atoms with van der Waals surface area (Å²) in [5, 5.41) is 15.7. The highest BCUT2D eigenvalue weighted by molar-refractivity contribution is 5.64. The molecule has 0 saturated carbocycles. The number of anilines is 1. The summed E-state index contributed by atoms with van der Waals surface area (Å²) in [7, 11) is 1.91. The third-order valence-electron chi connectivity index (χ3n) is 4.60. The maximum atomic E-state index is 10.9. The Kier molecular flexibility index (Phi) is 5.03. The van der Waals surface area contributed by atoms with Crippen molar-refractivity contribution in [2.45, 2.75) is 6.54 Å². The Hall–Kier alpha value is -4.00. The summed E-state index contributed by atoms with van der Waals surface area (Å²) < 4.78 is 1.87. The van der Waals surface area contributed by atoms with Crippen molar-refractivity contribution in [3.05, 3.63) is 101 Å². The fourth-order valence-corrected chi connectivity index (χ4v) is 3.13. The lowest BCUT2D eigenvalue weighted by Gasteiger charge is -2.17. The minimum Gasteiger partial charge on any atom is -0.355 e. The Morgan fingerprint density at radius 1 is 1.00 bits per heavy atom. The van der Waals surface area contributed by atoms with Crippen LogP contribution in [0.3, 0.4) is 0 Å². The van der Waals surface area contributed by atoms with Gasteiger partial charge in [-0.15, -0.1) is 0 Å². The van der Waals surface area contributed by atoms with E-state index in [2.05, 4.69) is 4.98 Å². The summed E-state index contributed by atoms with van der Waals surface area (Å²) in [4.78, 5) is 16.6. The van der Waals surface area contributed by atoms with Crippen molar-refractivity contribution in [2.75, 3.05) is 11.9 Å². The van der Waals surface area contributed by atoms with Gasteiger partial charge in [-0.3, -0.25) is 10.1 Å². The van der Waals surface area contributed by atoms with Crippen LogP contribution in [-0.2, 0) is 6.54 Å². The number of para-hydroxylation sites is 1. The lowest BCUT2D eigenvalue weighted by molar-refractivity contribution is -0.385. The first kappa shape index (κ1) is 18.4. The van der Waals surface area contributed by atoms with Crippen molar-refractivity contribution < 1.29 is 4.92 Å². The number of nitro groups is 1. The highest BCUT2D eigenvalue weighted by Crippen LogP contribution is 2.26. The van der Waals surface area contributed by atoms with Gasteiger partial charge in [0.1, 0.15) is 12.0 Å². The quantitative estimate of drug-likeness (QED) is 0.361. The number of benzene rings is 2. The van der Waals surface area contributed by atoms with Crippen molar-refractivity contribution in [1.82, 2.24) is 14.8 Å². The SMILES string of the molecule is CN(Cc1cn(-c2ccccc2)nc1-c1ccccc1)c1ccc([N+](=O)[O-])cn1. The second-order valence-electron chi connectivity index (χ2n) is 6.64. The average Bonchev–Trinajstić information content (AvgIpc) is 3.19. The number of rotatable bonds is 6. The Balaban J connectivity index is 1.68. The maximum Gasteiger partial charge on any atom is 0.287 e. The van der Waals surface area contributed by atoms with E-state index in [0.717, 1.165) is 22.5 Å². The molecule has 0 radical (unpaired) electrons. The van der Waals surface area contributed by atoms with E-state index in [9.17, 15) is 10.1 Å². The fraction of sp³-hybridized carbons (Fsp3) is 0.0909. The summed E-state index contributed by atoms with van der Waals surface area (Å²) in [6.45, 7) is 0.557. The van der Waals surface area contributed by atoms with E-state index < -0.39 is 4.92 Å². The topological polar surface area (TPSA) is 77.1 Å². The molecule has 4 rings (SSSR count). The van der Waals surface area contributed by atoms with Gasteiger partial charge in [-0.05, 0) is 18.2 Å². The monoisotopic (exact) mass is 385 g/mol. The Labute approximate surface area is 168 Å². The molecule has 0 N–H and O–H groups in total. The lowest BCUT2D eigenvalue weighted by atomic mass is 10.1. The van der Waals surface area contributed by atoms with Gasteiger partial charge in [-0.1, -0.05) is 48.5 Å². The average molecular weight is 385 g/mol. The molecule has 0 aliphatic rings. The molecule has 7 heteroatoms. The molecule has 0 aliphatic carbocycles. The van der Waals surface area contributed by atoms with Gasteiger partial charge < -0.3 is 4.90 Å². The Bertz CT molecular complexity index is 1110. The highest BCUT2D eigenvalue weighted by Gasteiger charge is 2.15. The molecular formula is C22H19N5O2. The second kappa shape index (κ2) is 7.93. The largest absolute Gasteiger partial charge is 0.355 e. The van der Waals surface area contributed by atoms with E-state index >= 15 is 0 Å². The Morgan fingerprint density at radius 3 is 2.31 bits per heavy atom. The molecule has 2 heterocycles. The zero-order valence-corrected chi connectivity index (χ0v) is 15.8. The molecule has 0 saturated heterocycles. The van der Waals surface area contributed by atoms with Crippen LogP contribution in [-0.4, -0.2) is 26.7 Å². The number of nitrogens with zero attached hydrogens (tertiary/aromatic N) is 5. The fourth-order valence-electron chi connectivity index (χ4n) is 3.13. The van der Waals surface area contributed by atoms with Gasteiger partial charge in [0.05, 0.1) is 16.3 Å². The van der Waals surface area contributed by atoms with Crippen LogP contribution in [0.25, 0.3) is 16.9 Å². The molecule has 0 spiro atoms. The molecule has 0 atom stereocenters. The van der Waals surface area contributed by atoms with E-state index in [0.29, 0.717) is 12.4 Å². The second-order valence-corrected chi connectivity index (χ2v) is 6.64. The molecule has 0 fully saturated rings. The summed E-state index contributed by atoms with van der Waals surface area (Å²) in [6, 6.07) is 23.1. The minimum absolute atomic E-state index is 0.0241. The van der Waals surface area contributed by atoms with E-state index in [1.165, 1.54) is 12.3 Å². The molecule has 0 amide bonds. The molecule has 144 valence electrons. The molecule has 2 aromatic heterocycles. The first-order chi connectivity index (χ1) is 14.1. The van der Waals surface area contributed by atoms with Gasteiger partial charge in [0.2, 0.25) is 0 Å². The van der Waals surface area contributed by atoms with Crippen LogP contribution in [0.5, 0.6) is 0 Å². The van der Waals surface area contributed by atoms with Crippen LogP contribution in [0.15, 0.2) is 85.2 Å². The van der Waals surface area contributed by atoms with Gasteiger partial charge >= 0.3 is 0 Å². The van der Waals surface area contributed by atoms with E-state index in [-0.39, 0.29) is 5.69 Å². The van der Waals surface area contributed by atoms with Crippen molar-refractivity contribution in [3.63, 3.8) is 0 Å². The standard InChI is InChI=1S/C22H19N5O2/c1-25(21-13-12-20(14-23-21)27(28)29)15-18-16-26(19-10-6-3-7-11-19)24-22(18)17-8-4-2-5-9-17/h2-14,16H,15H2,1H3. The Morgan fingerprint density at radius 2 is 1.69 bits per heavy atom. The molecule has 4 aromatic rings. The predicted octanol–water partition coefficient (Wildman–Crippen LogP) is 4.48. The summed E-state index contributed by atoms with van der Waals surface area (Å²) >= 11 is 0. The van der Waals surface area contributed by atoms with Gasteiger partial charge in [-0.25, -0.2) is 9.67 Å². The zero-order valence-electron chi connectivity index (χ0n) is 15.8. The summed E-state index contributed by atoms with van der Waals surface area (Å²) in [5.74, 6) is 0.655. The summed E-state index contributed by atoms with van der Waals surface area (Å²) in [6.07, 6.45) is 3.29. The highest BCUT2D eigenvalue weighted by atomic mass is 16.6. The van der Waals surface area contributed by atoms with Gasteiger partial charge in [0.15, 0.2) is 0 Å². The van der Waals surface area contributed by atoms with E-state index in [1.54, 1.807) is 6.07 Å². The van der Waals surface area contributed by atoms with Crippen LogP contribution in [0.1, 0.15) is 5.56 Å². The molecule has 0 bridgehead atoms. The molecule has 0 aliphatic heterocycles. The molecular weight excluding hydrogens is 366 g/mol. The summed E-state index contributed by atoms with van der Waals surface area (Å²) in [5.41, 5.74) is 3.91. The number of hydrogen-bond acceptors (Lipinski definition) is 5. The maximum absolute atomic E-state index is 10.9. The van der Waals surface area contributed by atoms with Crippen molar-refractivity contribution in [3.8, 4) is 16.9 Å². The third-order valence-corrected chi connectivity index (χ3v) is 4.60. The first-order valence-electron chi connectivity index (χ1n) is 9.13. The first-order valence-corrected chi connectivity index (χ1v) is 9.13. The lowest BCUT2D eigenvalue weighted by Crippen LogP contribution is -2.17. The normalized spacial score (nSPS) is 10.7. The number of aromatic nitrogens is 3. The van der Waals surface area contributed by atoms with Gasteiger partial charge in [0.25, 0.3) is 5.69 Å². The number of hydrogen-bond donors (Lipinski definition) is 0. The zero-order chi connectivity index (χ0) is 20.2. The van der Waals surface area contributed by atoms with Gasteiger partial charge in [0, 0.05) is 37.0 Å². The van der Waals surface area contributed by atoms with Gasteiger partial charge in [-0.2, -0.15) is 5.10 Å². The van der Waals surface area contributed by atoms with Crippen molar-refractivity contribution >= 4 is 11.5 Å². The van der Waals surface area contributed by atoms with Crippen molar-refractivity contribution in [1.29, 1.82) is 0 Å². The molecule has 29 heavy (non-hydrogen) atoms. The predicted molar refractivity (Wildman–Crippen MR) is 112 cm³/mol. The smallest absolute Gasteiger partial charge is 0.287 e. The van der Waals surface area contributed by atoms with Crippen LogP contribution in [0.2, 0.25) is 0 Å². The van der Waals surface area contributed by atoms with E-state index in [1.807, 2.05) is 83.5 Å². The molecule has 2 aromatic carbocycles. The number of pyridine rings is 1. The van der Waals surface area contributed by atoms with Crippen molar-refractivity contribution in [2.24, 2.45) is 0 Å². The van der Waals surface area contributed by atoms with Crippen LogP contribution in [0.4, 0.5) is 11.5 Å². The van der Waals surface area contributed by atoms with Crippen LogP contribution < -0.4 is 4.90 Å². The third kappa shape index (κ3) is 3.98. The van der Waals surface area contributed by atoms with Crippen LogP contribution in [0, 0.1) is 10.1 Å². The van der Waals surface area contributed by atoms with Crippen LogP contribution >= 0.6 is 0 Å². The molecule has 7 nitrogen and oxygen atoms in total.